The van der Waals surface area contributed by atoms with Crippen LogP contribution in [0.25, 0.3) is 12.2 Å². The number of rotatable bonds is 5. The summed E-state index contributed by atoms with van der Waals surface area (Å²) in [6.07, 6.45) is 4.73. The number of amides is 1. The molecule has 7 heteroatoms. The predicted octanol–water partition coefficient (Wildman–Crippen LogP) is 2.02. The van der Waals surface area contributed by atoms with Gasteiger partial charge in [0.1, 0.15) is 11.2 Å². The minimum absolute atomic E-state index is 0.171. The normalized spacial score (nSPS) is 12.8. The second-order valence-electron chi connectivity index (χ2n) is 8.22. The molecular formula is C24H25N3O3S. The lowest BCUT2D eigenvalue weighted by Crippen LogP contribution is -2.45. The van der Waals surface area contributed by atoms with E-state index < -0.39 is 5.54 Å². The van der Waals surface area contributed by atoms with Gasteiger partial charge in [-0.2, -0.15) is 0 Å². The highest BCUT2D eigenvalue weighted by molar-refractivity contribution is 7.07. The zero-order valence-electron chi connectivity index (χ0n) is 18.0. The summed E-state index contributed by atoms with van der Waals surface area (Å²) in [4.78, 5) is 42.7. The number of aryl methyl sites for hydroxylation is 1. The Morgan fingerprint density at radius 1 is 1.13 bits per heavy atom. The quantitative estimate of drug-likeness (QED) is 0.622. The van der Waals surface area contributed by atoms with E-state index in [-0.39, 0.29) is 23.8 Å². The van der Waals surface area contributed by atoms with Gasteiger partial charge in [-0.05, 0) is 51.5 Å². The molecule has 1 amide bonds. The molecule has 0 unspecified atom stereocenters. The van der Waals surface area contributed by atoms with E-state index in [0.29, 0.717) is 20.5 Å². The molecule has 1 aromatic carbocycles. The lowest BCUT2D eigenvalue weighted by atomic mass is 10.1. The minimum Gasteiger partial charge on any atom is -0.350 e. The highest BCUT2D eigenvalue weighted by atomic mass is 32.1. The maximum absolute atomic E-state index is 13.1. The van der Waals surface area contributed by atoms with Crippen molar-refractivity contribution >= 4 is 35.2 Å². The number of nitrogens with zero attached hydrogens (tertiary/aromatic N) is 2. The summed E-state index contributed by atoms with van der Waals surface area (Å²) in [6.45, 7) is 7.30. The third-order valence-corrected chi connectivity index (χ3v) is 5.44. The Morgan fingerprint density at radius 3 is 2.48 bits per heavy atom. The molecule has 0 saturated carbocycles. The van der Waals surface area contributed by atoms with Gasteiger partial charge in [0.15, 0.2) is 5.78 Å². The number of benzene rings is 1. The van der Waals surface area contributed by atoms with Gasteiger partial charge >= 0.3 is 0 Å². The van der Waals surface area contributed by atoms with E-state index in [9.17, 15) is 14.4 Å². The number of hydrogen-bond acceptors (Lipinski definition) is 5. The molecule has 0 aliphatic rings. The Morgan fingerprint density at radius 2 is 1.84 bits per heavy atom. The summed E-state index contributed by atoms with van der Waals surface area (Å²) < 4.78 is 2.17. The fourth-order valence-corrected chi connectivity index (χ4v) is 4.06. The fraction of sp³-hybridized carbons (Fsp3) is 0.250. The van der Waals surface area contributed by atoms with E-state index >= 15 is 0 Å². The standard InChI is InChI=1S/C24H25N3O3S/c1-16-9-5-6-11-18(16)19(28)14-22-27(15-21(29)26-24(2,3)4)23(30)20(31-22)13-17-10-7-8-12-25-17/h5-14H,15H2,1-4H3,(H,26,29)/b20-13-,22-14-. The van der Waals surface area contributed by atoms with E-state index in [1.165, 1.54) is 22.0 Å². The van der Waals surface area contributed by atoms with Crippen molar-refractivity contribution in [3.63, 3.8) is 0 Å². The number of carbonyl (C=O) groups is 2. The maximum Gasteiger partial charge on any atom is 0.269 e. The number of hydrogen-bond donors (Lipinski definition) is 1. The van der Waals surface area contributed by atoms with E-state index in [4.69, 9.17) is 0 Å². The Hall–Kier alpha value is -3.32. The van der Waals surface area contributed by atoms with Gasteiger partial charge in [0, 0.05) is 23.4 Å². The second kappa shape index (κ2) is 9.22. The summed E-state index contributed by atoms with van der Waals surface area (Å²) in [5, 5.41) is 2.86. The number of thiazole rings is 1. The molecule has 160 valence electrons. The molecular weight excluding hydrogens is 410 g/mol. The van der Waals surface area contributed by atoms with Gasteiger partial charge in [-0.25, -0.2) is 0 Å². The van der Waals surface area contributed by atoms with Gasteiger partial charge in [0.05, 0.1) is 10.2 Å². The van der Waals surface area contributed by atoms with Gasteiger partial charge in [0.25, 0.3) is 5.56 Å². The Labute approximate surface area is 184 Å². The molecule has 0 aliphatic carbocycles. The van der Waals surface area contributed by atoms with Crippen LogP contribution in [-0.2, 0) is 11.3 Å². The minimum atomic E-state index is -0.430. The summed E-state index contributed by atoms with van der Waals surface area (Å²) in [7, 11) is 0. The van der Waals surface area contributed by atoms with Crippen molar-refractivity contribution in [2.24, 2.45) is 0 Å². The predicted molar refractivity (Wildman–Crippen MR) is 124 cm³/mol. The summed E-state index contributed by atoms with van der Waals surface area (Å²) in [6, 6.07) is 12.7. The Balaban J connectivity index is 2.12. The average molecular weight is 436 g/mol. The highest BCUT2D eigenvalue weighted by Crippen LogP contribution is 2.08. The summed E-state index contributed by atoms with van der Waals surface area (Å²) in [5.74, 6) is -0.511. The van der Waals surface area contributed by atoms with Crippen molar-refractivity contribution in [3.8, 4) is 0 Å². The molecule has 0 bridgehead atoms. The number of aromatic nitrogens is 2. The van der Waals surface area contributed by atoms with Crippen LogP contribution < -0.4 is 20.1 Å². The van der Waals surface area contributed by atoms with E-state index in [1.54, 1.807) is 36.5 Å². The lowest BCUT2D eigenvalue weighted by Gasteiger charge is -2.20. The van der Waals surface area contributed by atoms with Crippen LogP contribution in [0.2, 0.25) is 0 Å². The number of pyridine rings is 1. The van der Waals surface area contributed by atoms with E-state index in [1.807, 2.05) is 45.9 Å². The number of carbonyl (C=O) groups excluding carboxylic acids is 2. The van der Waals surface area contributed by atoms with Crippen molar-refractivity contribution in [2.45, 2.75) is 39.8 Å². The van der Waals surface area contributed by atoms with Crippen molar-refractivity contribution in [2.75, 3.05) is 0 Å². The van der Waals surface area contributed by atoms with Crippen LogP contribution >= 0.6 is 11.3 Å². The van der Waals surface area contributed by atoms with Crippen molar-refractivity contribution < 1.29 is 9.59 Å². The first-order valence-electron chi connectivity index (χ1n) is 9.89. The van der Waals surface area contributed by atoms with Crippen LogP contribution in [0.5, 0.6) is 0 Å². The van der Waals surface area contributed by atoms with Gasteiger partial charge in [-0.15, -0.1) is 11.3 Å². The average Bonchev–Trinajstić information content (AvgIpc) is 2.96. The summed E-state index contributed by atoms with van der Waals surface area (Å²) >= 11 is 1.17. The van der Waals surface area contributed by atoms with E-state index in [0.717, 1.165) is 5.56 Å². The van der Waals surface area contributed by atoms with Crippen LogP contribution in [-0.4, -0.2) is 26.8 Å². The molecule has 6 nitrogen and oxygen atoms in total. The molecule has 31 heavy (non-hydrogen) atoms. The van der Waals surface area contributed by atoms with Crippen LogP contribution in [0.4, 0.5) is 0 Å². The SMILES string of the molecule is Cc1ccccc1C(=O)/C=c1\s/c(=C\c2ccccn2)c(=O)n1CC(=O)NC(C)(C)C. The fourth-order valence-electron chi connectivity index (χ4n) is 3.03. The van der Waals surface area contributed by atoms with Crippen molar-refractivity contribution in [3.05, 3.63) is 85.0 Å². The highest BCUT2D eigenvalue weighted by Gasteiger charge is 2.17. The Kier molecular flexibility index (Phi) is 6.65. The topological polar surface area (TPSA) is 81.1 Å². The third kappa shape index (κ3) is 5.86. The van der Waals surface area contributed by atoms with Gasteiger partial charge in [-0.3, -0.25) is 23.9 Å². The molecule has 0 spiro atoms. The van der Waals surface area contributed by atoms with Gasteiger partial charge in [0.2, 0.25) is 5.91 Å². The molecule has 0 aliphatic heterocycles. The third-order valence-electron chi connectivity index (χ3n) is 4.38. The Bertz CT molecular complexity index is 1280. The zero-order valence-corrected chi connectivity index (χ0v) is 18.8. The van der Waals surface area contributed by atoms with Crippen LogP contribution in [0.3, 0.4) is 0 Å². The molecule has 0 atom stereocenters. The van der Waals surface area contributed by atoms with Crippen molar-refractivity contribution in [1.29, 1.82) is 0 Å². The molecule has 0 radical (unpaired) electrons. The maximum atomic E-state index is 13.1. The van der Waals surface area contributed by atoms with Crippen LogP contribution in [0.15, 0.2) is 53.5 Å². The molecule has 0 fully saturated rings. The lowest BCUT2D eigenvalue weighted by molar-refractivity contribution is -0.123. The first-order valence-corrected chi connectivity index (χ1v) is 10.7. The molecule has 2 heterocycles. The summed E-state index contributed by atoms with van der Waals surface area (Å²) in [5.41, 5.74) is 1.28. The smallest absolute Gasteiger partial charge is 0.269 e. The van der Waals surface area contributed by atoms with Crippen LogP contribution in [0, 0.1) is 6.92 Å². The molecule has 3 aromatic rings. The first kappa shape index (κ1) is 22.4. The number of ketones is 1. The first-order chi connectivity index (χ1) is 14.6. The molecule has 0 saturated heterocycles. The van der Waals surface area contributed by atoms with Gasteiger partial charge < -0.3 is 5.32 Å². The van der Waals surface area contributed by atoms with Crippen LogP contribution in [0.1, 0.15) is 42.4 Å². The molecule has 2 aromatic heterocycles. The second-order valence-corrected chi connectivity index (χ2v) is 9.28. The van der Waals surface area contributed by atoms with Gasteiger partial charge in [-0.1, -0.05) is 30.3 Å². The monoisotopic (exact) mass is 435 g/mol. The molecule has 3 rings (SSSR count). The van der Waals surface area contributed by atoms with E-state index in [2.05, 4.69) is 10.3 Å². The largest absolute Gasteiger partial charge is 0.350 e. The van der Waals surface area contributed by atoms with Crippen molar-refractivity contribution in [1.82, 2.24) is 14.9 Å². The zero-order chi connectivity index (χ0) is 22.6. The molecule has 1 N–H and O–H groups in total. The number of nitrogens with one attached hydrogen (secondary N) is 1. The number of Topliss-reactive ketones (excluding diaryl/α,β-unsaturated/α-hetero) is 1.